The smallest absolute Gasteiger partial charge is 0.225 e. The van der Waals surface area contributed by atoms with Crippen molar-refractivity contribution in [3.05, 3.63) is 18.0 Å². The molecule has 0 aliphatic carbocycles. The number of nitrogens with zero attached hydrogens (tertiary/aromatic N) is 3. The summed E-state index contributed by atoms with van der Waals surface area (Å²) in [5.74, 6) is 0.724. The molecule has 1 aromatic heterocycles. The van der Waals surface area contributed by atoms with E-state index in [0.29, 0.717) is 6.54 Å². The Kier molecular flexibility index (Phi) is 2.14. The maximum atomic E-state index is 9.32. The molecular formula is C9H13N3O. The van der Waals surface area contributed by atoms with Crippen LogP contribution in [0.3, 0.4) is 0 Å². The summed E-state index contributed by atoms with van der Waals surface area (Å²) in [5.41, 5.74) is 1.06. The SMILES string of the molecule is Cc1cnc(N2CC[C@H](O)C2)nc1. The van der Waals surface area contributed by atoms with Gasteiger partial charge < -0.3 is 10.0 Å². The first kappa shape index (κ1) is 8.44. The van der Waals surface area contributed by atoms with Crippen LogP contribution in [0.4, 0.5) is 5.95 Å². The van der Waals surface area contributed by atoms with Crippen LogP contribution in [0.1, 0.15) is 12.0 Å². The quantitative estimate of drug-likeness (QED) is 0.676. The van der Waals surface area contributed by atoms with E-state index in [1.165, 1.54) is 0 Å². The molecule has 0 bridgehead atoms. The summed E-state index contributed by atoms with van der Waals surface area (Å²) in [6, 6.07) is 0. The number of β-amino-alcohol motifs (C(OH)–C–C–N with tert-alkyl or cyclic N) is 1. The summed E-state index contributed by atoms with van der Waals surface area (Å²) in [4.78, 5) is 10.4. The third-order valence-corrected chi connectivity index (χ3v) is 2.21. The average Bonchev–Trinajstić information content (AvgIpc) is 2.53. The molecule has 0 aromatic carbocycles. The molecule has 1 fully saturated rings. The highest BCUT2D eigenvalue weighted by Crippen LogP contribution is 2.14. The second-order valence-corrected chi connectivity index (χ2v) is 3.45. The summed E-state index contributed by atoms with van der Waals surface area (Å²) in [5, 5.41) is 9.32. The molecule has 0 radical (unpaired) electrons. The van der Waals surface area contributed by atoms with Gasteiger partial charge >= 0.3 is 0 Å². The maximum absolute atomic E-state index is 9.32. The van der Waals surface area contributed by atoms with Crippen molar-refractivity contribution >= 4 is 5.95 Å². The Morgan fingerprint density at radius 2 is 2.15 bits per heavy atom. The van der Waals surface area contributed by atoms with Crippen LogP contribution >= 0.6 is 0 Å². The van der Waals surface area contributed by atoms with Crippen molar-refractivity contribution in [2.45, 2.75) is 19.4 Å². The average molecular weight is 179 g/mol. The van der Waals surface area contributed by atoms with E-state index in [9.17, 15) is 5.11 Å². The lowest BCUT2D eigenvalue weighted by molar-refractivity contribution is 0.198. The van der Waals surface area contributed by atoms with Crippen LogP contribution in [0.5, 0.6) is 0 Å². The Hall–Kier alpha value is -1.16. The molecule has 0 spiro atoms. The van der Waals surface area contributed by atoms with Gasteiger partial charge in [0.15, 0.2) is 0 Å². The van der Waals surface area contributed by atoms with Crippen LogP contribution in [0.2, 0.25) is 0 Å². The standard InChI is InChI=1S/C9H13N3O/c1-7-4-10-9(11-5-7)12-3-2-8(13)6-12/h4-5,8,13H,2-3,6H2,1H3/t8-/m0/s1. The summed E-state index contributed by atoms with van der Waals surface area (Å²) < 4.78 is 0. The maximum Gasteiger partial charge on any atom is 0.225 e. The van der Waals surface area contributed by atoms with E-state index in [4.69, 9.17) is 0 Å². The molecule has 1 N–H and O–H groups in total. The van der Waals surface area contributed by atoms with E-state index in [1.54, 1.807) is 12.4 Å². The Bertz CT molecular complexity index is 285. The van der Waals surface area contributed by atoms with Crippen molar-refractivity contribution in [3.8, 4) is 0 Å². The van der Waals surface area contributed by atoms with Gasteiger partial charge in [0.25, 0.3) is 0 Å². The summed E-state index contributed by atoms with van der Waals surface area (Å²) in [6.45, 7) is 3.47. The van der Waals surface area contributed by atoms with Gasteiger partial charge in [-0.15, -0.1) is 0 Å². The van der Waals surface area contributed by atoms with Crippen LogP contribution in [0.25, 0.3) is 0 Å². The highest BCUT2D eigenvalue weighted by molar-refractivity contribution is 5.31. The van der Waals surface area contributed by atoms with Crippen molar-refractivity contribution < 1.29 is 5.11 Å². The summed E-state index contributed by atoms with van der Waals surface area (Å²) in [6.07, 6.45) is 4.20. The van der Waals surface area contributed by atoms with Crippen molar-refractivity contribution in [3.63, 3.8) is 0 Å². The van der Waals surface area contributed by atoms with E-state index in [-0.39, 0.29) is 6.10 Å². The Morgan fingerprint density at radius 3 is 2.69 bits per heavy atom. The van der Waals surface area contributed by atoms with Crippen molar-refractivity contribution in [1.29, 1.82) is 0 Å². The predicted molar refractivity (Wildman–Crippen MR) is 49.6 cm³/mol. The van der Waals surface area contributed by atoms with Crippen molar-refractivity contribution in [2.24, 2.45) is 0 Å². The van der Waals surface area contributed by atoms with E-state index < -0.39 is 0 Å². The number of rotatable bonds is 1. The van der Waals surface area contributed by atoms with E-state index in [1.807, 2.05) is 11.8 Å². The third-order valence-electron chi connectivity index (χ3n) is 2.21. The van der Waals surface area contributed by atoms with E-state index in [2.05, 4.69) is 9.97 Å². The highest BCUT2D eigenvalue weighted by atomic mass is 16.3. The number of hydrogen-bond acceptors (Lipinski definition) is 4. The summed E-state index contributed by atoms with van der Waals surface area (Å²) >= 11 is 0. The number of aliphatic hydroxyl groups is 1. The van der Waals surface area contributed by atoms with Crippen LogP contribution in [0.15, 0.2) is 12.4 Å². The first-order chi connectivity index (χ1) is 6.25. The number of aliphatic hydroxyl groups excluding tert-OH is 1. The number of aryl methyl sites for hydroxylation is 1. The molecule has 1 saturated heterocycles. The molecule has 1 atom stereocenters. The van der Waals surface area contributed by atoms with Gasteiger partial charge in [-0.05, 0) is 18.9 Å². The molecular weight excluding hydrogens is 166 g/mol. The highest BCUT2D eigenvalue weighted by Gasteiger charge is 2.21. The largest absolute Gasteiger partial charge is 0.391 e. The lowest BCUT2D eigenvalue weighted by atomic mass is 10.3. The minimum Gasteiger partial charge on any atom is -0.391 e. The van der Waals surface area contributed by atoms with Gasteiger partial charge in [0, 0.05) is 25.5 Å². The number of aromatic nitrogens is 2. The Morgan fingerprint density at radius 1 is 1.46 bits per heavy atom. The molecule has 1 aliphatic rings. The first-order valence-electron chi connectivity index (χ1n) is 4.47. The summed E-state index contributed by atoms with van der Waals surface area (Å²) in [7, 11) is 0. The number of anilines is 1. The lowest BCUT2D eigenvalue weighted by Gasteiger charge is -2.14. The lowest BCUT2D eigenvalue weighted by Crippen LogP contribution is -2.23. The molecule has 2 rings (SSSR count). The fourth-order valence-corrected chi connectivity index (χ4v) is 1.47. The topological polar surface area (TPSA) is 49.2 Å². The molecule has 1 aliphatic heterocycles. The zero-order chi connectivity index (χ0) is 9.26. The van der Waals surface area contributed by atoms with Crippen LogP contribution in [0, 0.1) is 6.92 Å². The molecule has 4 nitrogen and oxygen atoms in total. The van der Waals surface area contributed by atoms with Gasteiger partial charge in [0.05, 0.1) is 6.10 Å². The first-order valence-corrected chi connectivity index (χ1v) is 4.47. The zero-order valence-corrected chi connectivity index (χ0v) is 7.64. The normalized spacial score (nSPS) is 22.3. The fourth-order valence-electron chi connectivity index (χ4n) is 1.47. The molecule has 4 heteroatoms. The molecule has 2 heterocycles. The number of hydrogen-bond donors (Lipinski definition) is 1. The zero-order valence-electron chi connectivity index (χ0n) is 7.64. The molecule has 0 unspecified atom stereocenters. The molecule has 70 valence electrons. The van der Waals surface area contributed by atoms with Gasteiger partial charge in [-0.3, -0.25) is 0 Å². The minimum absolute atomic E-state index is 0.218. The third kappa shape index (κ3) is 1.78. The van der Waals surface area contributed by atoms with E-state index in [0.717, 1.165) is 24.5 Å². The van der Waals surface area contributed by atoms with Crippen molar-refractivity contribution in [2.75, 3.05) is 18.0 Å². The van der Waals surface area contributed by atoms with Crippen molar-refractivity contribution in [1.82, 2.24) is 9.97 Å². The molecule has 0 amide bonds. The predicted octanol–water partition coefficient (Wildman–Crippen LogP) is 0.356. The van der Waals surface area contributed by atoms with Gasteiger partial charge in [-0.2, -0.15) is 0 Å². The second kappa shape index (κ2) is 3.30. The van der Waals surface area contributed by atoms with Gasteiger partial charge in [0.2, 0.25) is 5.95 Å². The van der Waals surface area contributed by atoms with Gasteiger partial charge in [-0.1, -0.05) is 0 Å². The Labute approximate surface area is 77.2 Å². The monoisotopic (exact) mass is 179 g/mol. The molecule has 13 heavy (non-hydrogen) atoms. The molecule has 1 aromatic rings. The fraction of sp³-hybridized carbons (Fsp3) is 0.556. The van der Waals surface area contributed by atoms with Gasteiger partial charge in [-0.25, -0.2) is 9.97 Å². The van der Waals surface area contributed by atoms with Crippen LogP contribution in [-0.4, -0.2) is 34.3 Å². The van der Waals surface area contributed by atoms with E-state index >= 15 is 0 Å². The van der Waals surface area contributed by atoms with Crippen LogP contribution in [-0.2, 0) is 0 Å². The second-order valence-electron chi connectivity index (χ2n) is 3.45. The van der Waals surface area contributed by atoms with Crippen LogP contribution < -0.4 is 4.90 Å². The molecule has 0 saturated carbocycles. The van der Waals surface area contributed by atoms with Gasteiger partial charge in [0.1, 0.15) is 0 Å². The minimum atomic E-state index is -0.218. The Balaban J connectivity index is 2.13.